The summed E-state index contributed by atoms with van der Waals surface area (Å²) in [6.45, 7) is 16.6. The van der Waals surface area contributed by atoms with Crippen LogP contribution in [0.3, 0.4) is 0 Å². The van der Waals surface area contributed by atoms with Gasteiger partial charge in [0.05, 0.1) is 12.6 Å². The summed E-state index contributed by atoms with van der Waals surface area (Å²) in [6.07, 6.45) is 3.52. The second-order valence-corrected chi connectivity index (χ2v) is 10.7. The second kappa shape index (κ2) is 11.2. The molecule has 9 nitrogen and oxygen atoms in total. The minimum atomic E-state index is -1.13. The smallest absolute Gasteiger partial charge is 0.408 e. The van der Waals surface area contributed by atoms with Crippen LogP contribution in [0.4, 0.5) is 4.79 Å². The summed E-state index contributed by atoms with van der Waals surface area (Å²) in [4.78, 5) is 53.0. The van der Waals surface area contributed by atoms with Crippen molar-refractivity contribution in [1.82, 2.24) is 15.5 Å². The van der Waals surface area contributed by atoms with Crippen LogP contribution in [0.5, 0.6) is 0 Å². The summed E-state index contributed by atoms with van der Waals surface area (Å²) in [7, 11) is 0. The Balaban J connectivity index is 0.00000578. The number of nitrogens with one attached hydrogen (secondary N) is 2. The molecule has 0 aromatic heterocycles. The van der Waals surface area contributed by atoms with Crippen LogP contribution in [-0.2, 0) is 44.9 Å². The molecule has 0 bridgehead atoms. The van der Waals surface area contributed by atoms with Crippen molar-refractivity contribution in [3.05, 3.63) is 19.1 Å². The number of carbonyl (C=O) groups excluding carboxylic acids is 4. The Labute approximate surface area is 217 Å². The van der Waals surface area contributed by atoms with Gasteiger partial charge in [-0.25, -0.2) is 9.59 Å². The molecule has 0 spiro atoms. The summed E-state index contributed by atoms with van der Waals surface area (Å²) in [5, 5.41) is 5.49. The topological polar surface area (TPSA) is 114 Å². The van der Waals surface area contributed by atoms with Crippen LogP contribution in [0.2, 0.25) is 0 Å². The fraction of sp³-hybridized carbons (Fsp3) is 0.708. The fourth-order valence-corrected chi connectivity index (χ4v) is 3.92. The molecule has 1 saturated carbocycles. The van der Waals surface area contributed by atoms with Gasteiger partial charge in [-0.1, -0.05) is 26.8 Å². The van der Waals surface area contributed by atoms with E-state index in [-0.39, 0.29) is 46.0 Å². The van der Waals surface area contributed by atoms with Crippen molar-refractivity contribution in [2.24, 2.45) is 11.3 Å². The van der Waals surface area contributed by atoms with Gasteiger partial charge >= 0.3 is 12.1 Å². The minimum absolute atomic E-state index is 0. The molecule has 1 aliphatic heterocycles. The number of rotatable bonds is 7. The number of esters is 1. The number of ether oxygens (including phenoxy) is 2. The van der Waals surface area contributed by atoms with Crippen molar-refractivity contribution in [3.63, 3.8) is 0 Å². The standard InChI is InChI=1S/C24H38N3O6.W/c1-9-15-14-24(15,20(30)32-10-2)26-18(28)16-12-11-13-27(16)19(29)17(22(3,4)5)25-21(31)33-23(6,7)8;/h9,11,15-17H,1,10,12-14H2,2-8H3,(H,25,31)(H,26,28);/q-1;/t15?,16-,17+,24+;/m0./s1. The second-order valence-electron chi connectivity index (χ2n) is 10.7. The number of hydrogen-bond acceptors (Lipinski definition) is 6. The maximum Gasteiger partial charge on any atom is 0.408 e. The number of likely N-dealkylation sites (tertiary alicyclic amines) is 1. The molecule has 0 aromatic rings. The van der Waals surface area contributed by atoms with E-state index in [1.165, 1.54) is 4.90 Å². The van der Waals surface area contributed by atoms with E-state index in [2.05, 4.69) is 17.2 Å². The van der Waals surface area contributed by atoms with Crippen molar-refractivity contribution >= 4 is 23.9 Å². The van der Waals surface area contributed by atoms with Gasteiger partial charge in [-0.15, -0.1) is 19.5 Å². The molecule has 34 heavy (non-hydrogen) atoms. The summed E-state index contributed by atoms with van der Waals surface area (Å²) in [6, 6.07) is -1.70. The summed E-state index contributed by atoms with van der Waals surface area (Å²) in [5.41, 5.74) is -2.48. The van der Waals surface area contributed by atoms with E-state index in [0.717, 1.165) is 0 Å². The summed E-state index contributed by atoms with van der Waals surface area (Å²) < 4.78 is 10.5. The molecular weight excluding hydrogens is 610 g/mol. The third kappa shape index (κ3) is 7.06. The van der Waals surface area contributed by atoms with Crippen molar-refractivity contribution < 1.29 is 49.7 Å². The first-order valence-corrected chi connectivity index (χ1v) is 11.4. The van der Waals surface area contributed by atoms with Crippen LogP contribution < -0.4 is 10.6 Å². The molecule has 192 valence electrons. The molecule has 2 fully saturated rings. The number of hydrogen-bond donors (Lipinski definition) is 2. The van der Waals surface area contributed by atoms with Crippen LogP contribution in [0.15, 0.2) is 12.7 Å². The maximum atomic E-state index is 13.5. The van der Waals surface area contributed by atoms with Gasteiger partial charge in [-0.3, -0.25) is 9.59 Å². The van der Waals surface area contributed by atoms with E-state index in [9.17, 15) is 19.2 Å². The SMILES string of the molecule is C=CC1C[C@]1(NC(=O)[C@@H]1C[CH-]CN1C(=O)[C@@H](NC(=O)OC(C)(C)C)C(C)(C)C)C(=O)OCC.[W]. The Bertz CT molecular complexity index is 804. The number of amides is 3. The van der Waals surface area contributed by atoms with Gasteiger partial charge < -0.3 is 31.4 Å². The van der Waals surface area contributed by atoms with Gasteiger partial charge in [0.1, 0.15) is 17.2 Å². The van der Waals surface area contributed by atoms with Crippen molar-refractivity contribution in [1.29, 1.82) is 0 Å². The zero-order valence-electron chi connectivity index (χ0n) is 21.2. The molecule has 3 amide bonds. The number of alkyl carbamates (subject to hydrolysis) is 1. The van der Waals surface area contributed by atoms with E-state index in [1.807, 2.05) is 27.2 Å². The first-order chi connectivity index (χ1) is 15.2. The normalized spacial score (nSPS) is 24.9. The first-order valence-electron chi connectivity index (χ1n) is 11.4. The van der Waals surface area contributed by atoms with Crippen LogP contribution in [-0.4, -0.2) is 65.2 Å². The van der Waals surface area contributed by atoms with Crippen LogP contribution in [0.1, 0.15) is 61.3 Å². The van der Waals surface area contributed by atoms with Crippen LogP contribution >= 0.6 is 0 Å². The molecular formula is C24H38N3O6W-. The van der Waals surface area contributed by atoms with Crippen LogP contribution in [0, 0.1) is 17.8 Å². The Hall–Kier alpha value is -1.89. The van der Waals surface area contributed by atoms with Gasteiger partial charge in [-0.2, -0.15) is 0 Å². The third-order valence-corrected chi connectivity index (χ3v) is 5.74. The fourth-order valence-electron chi connectivity index (χ4n) is 3.92. The molecule has 1 aliphatic carbocycles. The first kappa shape index (κ1) is 30.1. The summed E-state index contributed by atoms with van der Waals surface area (Å²) in [5.74, 6) is -1.53. The van der Waals surface area contributed by atoms with Crippen molar-refractivity contribution in [2.45, 2.75) is 84.5 Å². The zero-order valence-corrected chi connectivity index (χ0v) is 24.2. The molecule has 0 radical (unpaired) electrons. The average molecular weight is 648 g/mol. The van der Waals surface area contributed by atoms with E-state index in [4.69, 9.17) is 9.47 Å². The molecule has 4 atom stereocenters. The zero-order chi connectivity index (χ0) is 25.2. The monoisotopic (exact) mass is 648 g/mol. The van der Waals surface area contributed by atoms with E-state index in [0.29, 0.717) is 12.8 Å². The van der Waals surface area contributed by atoms with Gasteiger partial charge in [0.25, 0.3) is 0 Å². The Morgan fingerprint density at radius 3 is 2.29 bits per heavy atom. The molecule has 2 N–H and O–H groups in total. The van der Waals surface area contributed by atoms with Crippen LogP contribution in [0.25, 0.3) is 0 Å². The molecule has 10 heteroatoms. The number of nitrogens with zero attached hydrogens (tertiary/aromatic N) is 1. The Morgan fingerprint density at radius 2 is 1.82 bits per heavy atom. The molecule has 1 saturated heterocycles. The molecule has 2 aliphatic rings. The predicted molar refractivity (Wildman–Crippen MR) is 123 cm³/mol. The number of carbonyl (C=O) groups is 4. The molecule has 0 aromatic carbocycles. The van der Waals surface area contributed by atoms with E-state index < -0.39 is 46.6 Å². The van der Waals surface area contributed by atoms with E-state index >= 15 is 0 Å². The summed E-state index contributed by atoms with van der Waals surface area (Å²) >= 11 is 0. The predicted octanol–water partition coefficient (Wildman–Crippen LogP) is 2.35. The molecule has 2 rings (SSSR count). The van der Waals surface area contributed by atoms with E-state index in [1.54, 1.807) is 33.8 Å². The minimum Gasteiger partial charge on any atom is -0.464 e. The van der Waals surface area contributed by atoms with Gasteiger partial charge in [-0.05, 0) is 39.5 Å². The van der Waals surface area contributed by atoms with Gasteiger partial charge in [0.2, 0.25) is 11.8 Å². The van der Waals surface area contributed by atoms with Gasteiger partial charge in [0, 0.05) is 27.0 Å². The maximum absolute atomic E-state index is 13.5. The Kier molecular flexibility index (Phi) is 9.96. The average Bonchev–Trinajstić information content (AvgIpc) is 3.16. The molecule has 1 unspecified atom stereocenters. The van der Waals surface area contributed by atoms with Crippen molar-refractivity contribution in [2.75, 3.05) is 13.2 Å². The van der Waals surface area contributed by atoms with Gasteiger partial charge in [0.15, 0.2) is 0 Å². The Morgan fingerprint density at radius 1 is 1.21 bits per heavy atom. The largest absolute Gasteiger partial charge is 0.464 e. The van der Waals surface area contributed by atoms with Crippen molar-refractivity contribution in [3.8, 4) is 0 Å². The quantitative estimate of drug-likeness (QED) is 0.249. The molecule has 1 heterocycles. The third-order valence-electron chi connectivity index (χ3n) is 5.74.